The quantitative estimate of drug-likeness (QED) is 0.464. The predicted molar refractivity (Wildman–Crippen MR) is 87.0 cm³/mol. The van der Waals surface area contributed by atoms with Crippen molar-refractivity contribution < 1.29 is 14.4 Å². The van der Waals surface area contributed by atoms with E-state index in [9.17, 15) is 14.9 Å². The van der Waals surface area contributed by atoms with Crippen molar-refractivity contribution in [2.24, 2.45) is 5.10 Å². The molecule has 10 nitrogen and oxygen atoms in total. The average Bonchev–Trinajstić information content (AvgIpc) is 2.53. The smallest absolute Gasteiger partial charge is 0.282 e. The molecule has 0 saturated heterocycles. The highest BCUT2D eigenvalue weighted by molar-refractivity contribution is 5.87. The lowest BCUT2D eigenvalue weighted by atomic mass is 10.1. The Hall–Kier alpha value is -3.43. The summed E-state index contributed by atoms with van der Waals surface area (Å²) in [4.78, 5) is 28.4. The lowest BCUT2D eigenvalue weighted by Gasteiger charge is -2.08. The Morgan fingerprint density at radius 3 is 2.54 bits per heavy atom. The zero-order valence-electron chi connectivity index (χ0n) is 13.2. The number of nitro groups is 1. The summed E-state index contributed by atoms with van der Waals surface area (Å²) in [5.41, 5.74) is 2.68. The number of hydrogen-bond donors (Lipinski definition) is 2. The third kappa shape index (κ3) is 3.85. The van der Waals surface area contributed by atoms with Crippen LogP contribution in [0.2, 0.25) is 0 Å². The number of benzene rings is 1. The molecular formula is C14H15N5O5. The number of hydrogen-bond acceptors (Lipinski definition) is 8. The second-order valence-electron chi connectivity index (χ2n) is 4.63. The van der Waals surface area contributed by atoms with E-state index in [0.29, 0.717) is 11.4 Å². The van der Waals surface area contributed by atoms with Crippen molar-refractivity contribution in [2.45, 2.75) is 6.92 Å². The van der Waals surface area contributed by atoms with Gasteiger partial charge in [-0.25, -0.2) is 10.4 Å². The maximum Gasteiger partial charge on any atom is 0.282 e. The van der Waals surface area contributed by atoms with E-state index in [0.717, 1.165) is 0 Å². The largest absolute Gasteiger partial charge is 0.493 e. The molecule has 0 saturated carbocycles. The van der Waals surface area contributed by atoms with E-state index < -0.39 is 4.92 Å². The molecule has 126 valence electrons. The third-order valence-electron chi connectivity index (χ3n) is 2.97. The molecule has 0 radical (unpaired) electrons. The summed E-state index contributed by atoms with van der Waals surface area (Å²) in [7, 11) is 2.81. The Morgan fingerprint density at radius 2 is 1.96 bits per heavy atom. The molecule has 2 rings (SSSR count). The van der Waals surface area contributed by atoms with Gasteiger partial charge in [0, 0.05) is 11.8 Å². The Labute approximate surface area is 136 Å². The second-order valence-corrected chi connectivity index (χ2v) is 4.63. The van der Waals surface area contributed by atoms with Crippen LogP contribution in [0.25, 0.3) is 0 Å². The van der Waals surface area contributed by atoms with E-state index in [1.54, 1.807) is 6.92 Å². The minimum atomic E-state index is -0.559. The standard InChI is InChI=1S/C14H15N5O5/c1-8-4-13(20)17-14(16-8)18-15-7-9-5-11(23-2)12(24-3)6-10(9)19(21)22/h4-7H,1-3H3,(H2,16,17,18,20)/b15-7-. The van der Waals surface area contributed by atoms with Crippen LogP contribution in [0.1, 0.15) is 11.3 Å². The summed E-state index contributed by atoms with van der Waals surface area (Å²) in [5, 5.41) is 15.0. The number of aromatic nitrogens is 2. The van der Waals surface area contributed by atoms with E-state index in [1.807, 2.05) is 0 Å². The molecule has 0 unspecified atom stereocenters. The minimum absolute atomic E-state index is 0.124. The van der Waals surface area contributed by atoms with E-state index in [1.165, 1.54) is 38.6 Å². The normalized spacial score (nSPS) is 10.6. The highest BCUT2D eigenvalue weighted by Gasteiger charge is 2.18. The fourth-order valence-corrected chi connectivity index (χ4v) is 1.94. The Bertz CT molecular complexity index is 846. The van der Waals surface area contributed by atoms with Gasteiger partial charge in [0.25, 0.3) is 11.2 Å². The summed E-state index contributed by atoms with van der Waals surface area (Å²) in [6.45, 7) is 1.66. The maximum absolute atomic E-state index is 11.3. The summed E-state index contributed by atoms with van der Waals surface area (Å²) in [6, 6.07) is 4.00. The topological polar surface area (TPSA) is 132 Å². The molecule has 0 aliphatic heterocycles. The molecule has 2 aromatic rings. The molecule has 1 heterocycles. The Balaban J connectivity index is 2.33. The van der Waals surface area contributed by atoms with Crippen LogP contribution in [0.15, 0.2) is 28.1 Å². The number of methoxy groups -OCH3 is 2. The van der Waals surface area contributed by atoms with Gasteiger partial charge in [-0.3, -0.25) is 19.9 Å². The van der Waals surface area contributed by atoms with Crippen LogP contribution in [0.5, 0.6) is 11.5 Å². The van der Waals surface area contributed by atoms with Gasteiger partial charge in [-0.2, -0.15) is 5.10 Å². The fourth-order valence-electron chi connectivity index (χ4n) is 1.94. The van der Waals surface area contributed by atoms with Crippen LogP contribution >= 0.6 is 0 Å². The van der Waals surface area contributed by atoms with Crippen LogP contribution in [0.4, 0.5) is 11.6 Å². The van der Waals surface area contributed by atoms with Crippen LogP contribution < -0.4 is 20.5 Å². The first kappa shape index (κ1) is 16.9. The molecule has 0 aliphatic rings. The molecule has 0 spiro atoms. The molecule has 0 atom stereocenters. The van der Waals surface area contributed by atoms with E-state index >= 15 is 0 Å². The van der Waals surface area contributed by atoms with Gasteiger partial charge in [-0.05, 0) is 13.0 Å². The summed E-state index contributed by atoms with van der Waals surface area (Å²) in [6.07, 6.45) is 1.22. The van der Waals surface area contributed by atoms with Gasteiger partial charge in [0.2, 0.25) is 5.95 Å². The van der Waals surface area contributed by atoms with Crippen molar-refractivity contribution in [3.63, 3.8) is 0 Å². The number of aromatic amines is 1. The number of nitrogens with one attached hydrogen (secondary N) is 2. The number of nitro benzene ring substituents is 1. The fraction of sp³-hybridized carbons (Fsp3) is 0.214. The average molecular weight is 333 g/mol. The molecule has 1 aromatic heterocycles. The van der Waals surface area contributed by atoms with Gasteiger partial charge < -0.3 is 9.47 Å². The van der Waals surface area contributed by atoms with Crippen LogP contribution in [-0.4, -0.2) is 35.3 Å². The number of nitrogens with zero attached hydrogens (tertiary/aromatic N) is 3. The van der Waals surface area contributed by atoms with Crippen LogP contribution in [0, 0.1) is 17.0 Å². The zero-order valence-corrected chi connectivity index (χ0v) is 13.2. The van der Waals surface area contributed by atoms with Crippen LogP contribution in [0.3, 0.4) is 0 Å². The van der Waals surface area contributed by atoms with Crippen molar-refractivity contribution >= 4 is 17.9 Å². The van der Waals surface area contributed by atoms with E-state index in [4.69, 9.17) is 9.47 Å². The van der Waals surface area contributed by atoms with Gasteiger partial charge in [0.05, 0.1) is 37.0 Å². The van der Waals surface area contributed by atoms with Gasteiger partial charge in [0.1, 0.15) is 0 Å². The summed E-state index contributed by atoms with van der Waals surface area (Å²) >= 11 is 0. The molecular weight excluding hydrogens is 318 g/mol. The number of H-pyrrole nitrogens is 1. The summed E-state index contributed by atoms with van der Waals surface area (Å²) < 4.78 is 10.2. The molecule has 24 heavy (non-hydrogen) atoms. The van der Waals surface area contributed by atoms with E-state index in [2.05, 4.69) is 20.5 Å². The van der Waals surface area contributed by atoms with Gasteiger partial charge in [-0.1, -0.05) is 0 Å². The molecule has 10 heteroatoms. The van der Waals surface area contributed by atoms with Crippen molar-refractivity contribution in [1.29, 1.82) is 0 Å². The van der Waals surface area contributed by atoms with Gasteiger partial charge in [0.15, 0.2) is 11.5 Å². The number of aryl methyl sites for hydroxylation is 1. The maximum atomic E-state index is 11.3. The Kier molecular flexibility index (Phi) is 5.09. The number of hydrazone groups is 1. The number of anilines is 1. The highest BCUT2D eigenvalue weighted by Crippen LogP contribution is 2.33. The minimum Gasteiger partial charge on any atom is -0.493 e. The first-order valence-electron chi connectivity index (χ1n) is 6.72. The molecule has 1 aromatic carbocycles. The monoisotopic (exact) mass is 333 g/mol. The number of ether oxygens (including phenoxy) is 2. The Morgan fingerprint density at radius 1 is 1.29 bits per heavy atom. The van der Waals surface area contributed by atoms with Crippen molar-refractivity contribution in [3.8, 4) is 11.5 Å². The second kappa shape index (κ2) is 7.22. The first-order chi connectivity index (χ1) is 11.4. The van der Waals surface area contributed by atoms with Gasteiger partial charge >= 0.3 is 0 Å². The van der Waals surface area contributed by atoms with Crippen molar-refractivity contribution in [3.05, 3.63) is 49.9 Å². The molecule has 0 fully saturated rings. The molecule has 2 N–H and O–H groups in total. The molecule has 0 bridgehead atoms. The van der Waals surface area contributed by atoms with Crippen molar-refractivity contribution in [1.82, 2.24) is 9.97 Å². The lowest BCUT2D eigenvalue weighted by Crippen LogP contribution is -2.10. The highest BCUT2D eigenvalue weighted by atomic mass is 16.6. The predicted octanol–water partition coefficient (Wildman–Crippen LogP) is 1.45. The summed E-state index contributed by atoms with van der Waals surface area (Å²) in [5.74, 6) is 0.685. The lowest BCUT2D eigenvalue weighted by molar-refractivity contribution is -0.385. The van der Waals surface area contributed by atoms with Gasteiger partial charge in [-0.15, -0.1) is 0 Å². The molecule has 0 aliphatic carbocycles. The number of rotatable bonds is 6. The molecule has 0 amide bonds. The SMILES string of the molecule is COc1cc(/C=N\Nc2nc(C)cc(=O)[nH]2)c([N+](=O)[O-])cc1OC. The zero-order chi connectivity index (χ0) is 17.7. The van der Waals surface area contributed by atoms with Crippen LogP contribution in [-0.2, 0) is 0 Å². The first-order valence-corrected chi connectivity index (χ1v) is 6.72. The third-order valence-corrected chi connectivity index (χ3v) is 2.97. The van der Waals surface area contributed by atoms with Crippen molar-refractivity contribution in [2.75, 3.05) is 19.6 Å². The van der Waals surface area contributed by atoms with E-state index in [-0.39, 0.29) is 28.5 Å².